The minimum Gasteiger partial charge on any atom is -0.478 e. The highest BCUT2D eigenvalue weighted by Gasteiger charge is 2.23. The second kappa shape index (κ2) is 4.68. The molecule has 96 valence electrons. The Balaban J connectivity index is 2.27. The Morgan fingerprint density at radius 2 is 2.17 bits per heavy atom. The monoisotopic (exact) mass is 249 g/mol. The van der Waals surface area contributed by atoms with Gasteiger partial charge < -0.3 is 14.3 Å². The van der Waals surface area contributed by atoms with Gasteiger partial charge in [0.1, 0.15) is 11.3 Å². The molecule has 18 heavy (non-hydrogen) atoms. The van der Waals surface area contributed by atoms with Gasteiger partial charge in [0.2, 0.25) is 0 Å². The molecule has 5 heteroatoms. The predicted molar refractivity (Wildman–Crippen MR) is 65.6 cm³/mol. The van der Waals surface area contributed by atoms with Crippen molar-refractivity contribution >= 4 is 17.1 Å². The summed E-state index contributed by atoms with van der Waals surface area (Å²) in [4.78, 5) is 15.2. The molecule has 0 fully saturated rings. The van der Waals surface area contributed by atoms with E-state index in [-0.39, 0.29) is 5.92 Å². The number of aromatic nitrogens is 1. The van der Waals surface area contributed by atoms with Crippen LogP contribution in [0, 0.1) is 12.8 Å². The van der Waals surface area contributed by atoms with Gasteiger partial charge in [-0.1, -0.05) is 13.8 Å². The SMILES string of the molecule is Cc1nc2ccc(OC(C(=O)O)C(C)C)cc2o1. The standard InChI is InChI=1S/C13H15NO4/c1-7(2)12(13(15)16)18-9-4-5-10-11(6-9)17-8(3)14-10/h4-7,12H,1-3H3,(H,15,16). The van der Waals surface area contributed by atoms with Gasteiger partial charge in [0, 0.05) is 18.9 Å². The van der Waals surface area contributed by atoms with E-state index >= 15 is 0 Å². The minimum absolute atomic E-state index is 0.116. The van der Waals surface area contributed by atoms with Gasteiger partial charge in [-0.2, -0.15) is 0 Å². The van der Waals surface area contributed by atoms with Crippen molar-refractivity contribution in [3.63, 3.8) is 0 Å². The summed E-state index contributed by atoms with van der Waals surface area (Å²) in [5.74, 6) is -0.0472. The first-order chi connectivity index (χ1) is 8.47. The van der Waals surface area contributed by atoms with E-state index in [0.717, 1.165) is 5.52 Å². The Morgan fingerprint density at radius 3 is 2.78 bits per heavy atom. The highest BCUT2D eigenvalue weighted by atomic mass is 16.5. The van der Waals surface area contributed by atoms with Crippen LogP contribution in [0.25, 0.3) is 11.1 Å². The first kappa shape index (κ1) is 12.4. The Hall–Kier alpha value is -2.04. The van der Waals surface area contributed by atoms with Crippen LogP contribution in [-0.4, -0.2) is 22.2 Å². The Morgan fingerprint density at radius 1 is 1.44 bits per heavy atom. The fraction of sp³-hybridized carbons (Fsp3) is 0.385. The molecular formula is C13H15NO4. The smallest absolute Gasteiger partial charge is 0.345 e. The van der Waals surface area contributed by atoms with E-state index in [4.69, 9.17) is 14.3 Å². The molecule has 1 aromatic carbocycles. The minimum atomic E-state index is -0.973. The van der Waals surface area contributed by atoms with Crippen LogP contribution in [0.5, 0.6) is 5.75 Å². The molecule has 0 saturated heterocycles. The molecule has 0 aliphatic rings. The third-order valence-corrected chi connectivity index (χ3v) is 2.58. The van der Waals surface area contributed by atoms with Crippen molar-refractivity contribution in [2.45, 2.75) is 26.9 Å². The zero-order valence-electron chi connectivity index (χ0n) is 10.5. The highest BCUT2D eigenvalue weighted by Crippen LogP contribution is 2.23. The topological polar surface area (TPSA) is 72.6 Å². The van der Waals surface area contributed by atoms with E-state index in [0.29, 0.717) is 17.2 Å². The maximum absolute atomic E-state index is 11.1. The lowest BCUT2D eigenvalue weighted by Gasteiger charge is -2.18. The quantitative estimate of drug-likeness (QED) is 0.901. The molecule has 1 unspecified atom stereocenters. The number of carboxylic acids is 1. The maximum Gasteiger partial charge on any atom is 0.345 e. The van der Waals surface area contributed by atoms with Gasteiger partial charge in [0.15, 0.2) is 17.6 Å². The molecule has 0 amide bonds. The predicted octanol–water partition coefficient (Wildman–Crippen LogP) is 2.62. The summed E-state index contributed by atoms with van der Waals surface area (Å²) in [6.45, 7) is 5.36. The number of carbonyl (C=O) groups is 1. The Bertz CT molecular complexity index is 573. The van der Waals surface area contributed by atoms with Gasteiger partial charge in [-0.15, -0.1) is 0 Å². The first-order valence-corrected chi connectivity index (χ1v) is 5.74. The van der Waals surface area contributed by atoms with Crippen molar-refractivity contribution in [3.8, 4) is 5.75 Å². The number of benzene rings is 1. The molecule has 0 bridgehead atoms. The second-order valence-electron chi connectivity index (χ2n) is 4.48. The number of aliphatic carboxylic acids is 1. The van der Waals surface area contributed by atoms with Crippen LogP contribution >= 0.6 is 0 Å². The fourth-order valence-corrected chi connectivity index (χ4v) is 1.71. The first-order valence-electron chi connectivity index (χ1n) is 5.74. The lowest BCUT2D eigenvalue weighted by Crippen LogP contribution is -2.32. The summed E-state index contributed by atoms with van der Waals surface area (Å²) in [6, 6.07) is 5.11. The molecule has 0 saturated carbocycles. The van der Waals surface area contributed by atoms with Gasteiger partial charge >= 0.3 is 5.97 Å². The molecule has 2 rings (SSSR count). The van der Waals surface area contributed by atoms with Gasteiger partial charge in [-0.25, -0.2) is 9.78 Å². The lowest BCUT2D eigenvalue weighted by molar-refractivity contribution is -0.147. The molecule has 1 heterocycles. The fourth-order valence-electron chi connectivity index (χ4n) is 1.71. The molecule has 0 aliphatic heterocycles. The summed E-state index contributed by atoms with van der Waals surface area (Å²) < 4.78 is 10.8. The zero-order valence-corrected chi connectivity index (χ0v) is 10.5. The van der Waals surface area contributed by atoms with Crippen LogP contribution in [0.15, 0.2) is 22.6 Å². The number of hydrogen-bond donors (Lipinski definition) is 1. The maximum atomic E-state index is 11.1. The third kappa shape index (κ3) is 2.45. The number of carboxylic acid groups (broad SMARTS) is 1. The molecule has 5 nitrogen and oxygen atoms in total. The largest absolute Gasteiger partial charge is 0.478 e. The number of oxazole rings is 1. The number of nitrogens with zero attached hydrogens (tertiary/aromatic N) is 1. The van der Waals surface area contributed by atoms with Crippen LogP contribution in [-0.2, 0) is 4.79 Å². The van der Waals surface area contributed by atoms with E-state index in [9.17, 15) is 4.79 Å². The van der Waals surface area contributed by atoms with Crippen LogP contribution in [0.3, 0.4) is 0 Å². The van der Waals surface area contributed by atoms with E-state index in [2.05, 4.69) is 4.98 Å². The summed E-state index contributed by atoms with van der Waals surface area (Å²) >= 11 is 0. The van der Waals surface area contributed by atoms with Crippen molar-refractivity contribution < 1.29 is 19.1 Å². The molecule has 2 aromatic rings. The number of ether oxygens (including phenoxy) is 1. The Labute approximate surface area is 104 Å². The van der Waals surface area contributed by atoms with Crippen LogP contribution < -0.4 is 4.74 Å². The van der Waals surface area contributed by atoms with Crippen LogP contribution in [0.4, 0.5) is 0 Å². The molecule has 0 spiro atoms. The zero-order chi connectivity index (χ0) is 13.3. The van der Waals surface area contributed by atoms with Crippen molar-refractivity contribution in [1.82, 2.24) is 4.98 Å². The average molecular weight is 249 g/mol. The van der Waals surface area contributed by atoms with Crippen molar-refractivity contribution in [2.75, 3.05) is 0 Å². The summed E-state index contributed by atoms with van der Waals surface area (Å²) in [5, 5.41) is 9.06. The highest BCUT2D eigenvalue weighted by molar-refractivity contribution is 5.75. The van der Waals surface area contributed by atoms with Gasteiger partial charge in [-0.05, 0) is 12.1 Å². The van der Waals surface area contributed by atoms with E-state index in [1.165, 1.54) is 0 Å². The third-order valence-electron chi connectivity index (χ3n) is 2.58. The molecule has 1 atom stereocenters. The average Bonchev–Trinajstić information content (AvgIpc) is 2.64. The molecule has 0 radical (unpaired) electrons. The second-order valence-corrected chi connectivity index (χ2v) is 4.48. The van der Waals surface area contributed by atoms with E-state index < -0.39 is 12.1 Å². The summed E-state index contributed by atoms with van der Waals surface area (Å²) in [7, 11) is 0. The number of fused-ring (bicyclic) bond motifs is 1. The molecule has 1 N–H and O–H groups in total. The van der Waals surface area contributed by atoms with Crippen LogP contribution in [0.2, 0.25) is 0 Å². The Kier molecular flexibility index (Phi) is 3.23. The number of rotatable bonds is 4. The van der Waals surface area contributed by atoms with Crippen molar-refractivity contribution in [1.29, 1.82) is 0 Å². The van der Waals surface area contributed by atoms with E-state index in [1.807, 2.05) is 0 Å². The molecule has 0 aliphatic carbocycles. The summed E-state index contributed by atoms with van der Waals surface area (Å²) in [6.07, 6.45) is -0.869. The molecule has 1 aromatic heterocycles. The summed E-state index contributed by atoms with van der Waals surface area (Å²) in [5.41, 5.74) is 1.33. The van der Waals surface area contributed by atoms with Crippen molar-refractivity contribution in [3.05, 3.63) is 24.1 Å². The molecular weight excluding hydrogens is 234 g/mol. The van der Waals surface area contributed by atoms with Gasteiger partial charge in [0.25, 0.3) is 0 Å². The number of aryl methyl sites for hydroxylation is 1. The number of hydrogen-bond acceptors (Lipinski definition) is 4. The normalized spacial score (nSPS) is 12.9. The van der Waals surface area contributed by atoms with Gasteiger partial charge in [0.05, 0.1) is 0 Å². The van der Waals surface area contributed by atoms with Crippen LogP contribution in [0.1, 0.15) is 19.7 Å². The van der Waals surface area contributed by atoms with Gasteiger partial charge in [-0.3, -0.25) is 0 Å². The van der Waals surface area contributed by atoms with Crippen molar-refractivity contribution in [2.24, 2.45) is 5.92 Å². The van der Waals surface area contributed by atoms with E-state index in [1.54, 1.807) is 39.0 Å². The lowest BCUT2D eigenvalue weighted by atomic mass is 10.1.